The molecule has 2 aromatic rings. The summed E-state index contributed by atoms with van der Waals surface area (Å²) in [6, 6.07) is 19.2. The molecule has 0 aliphatic rings. The Labute approximate surface area is 158 Å². The lowest BCUT2D eigenvalue weighted by atomic mass is 10.0. The Balaban J connectivity index is 2.05. The molecule has 7 nitrogen and oxygen atoms in total. The summed E-state index contributed by atoms with van der Waals surface area (Å²) >= 11 is 0. The van der Waals surface area contributed by atoms with Gasteiger partial charge in [0.2, 0.25) is 0 Å². The average molecular weight is 390 g/mol. The van der Waals surface area contributed by atoms with Crippen LogP contribution in [-0.2, 0) is 23.1 Å². The second kappa shape index (κ2) is 10.1. The van der Waals surface area contributed by atoms with Crippen molar-refractivity contribution >= 4 is 19.0 Å². The van der Waals surface area contributed by atoms with Crippen LogP contribution < -0.4 is 5.43 Å². The van der Waals surface area contributed by atoms with E-state index < -0.39 is 19.6 Å². The average Bonchev–Trinajstić information content (AvgIpc) is 2.73. The van der Waals surface area contributed by atoms with Gasteiger partial charge in [-0.2, -0.15) is 5.10 Å². The molecule has 0 radical (unpaired) electrons. The fourth-order valence-electron chi connectivity index (χ4n) is 2.38. The summed E-state index contributed by atoms with van der Waals surface area (Å²) < 4.78 is 27.6. The number of hydrogen-bond acceptors (Lipinski definition) is 6. The van der Waals surface area contributed by atoms with E-state index in [0.717, 1.165) is 11.1 Å². The van der Waals surface area contributed by atoms with Gasteiger partial charge in [-0.3, -0.25) is 9.36 Å². The highest BCUT2D eigenvalue weighted by Crippen LogP contribution is 2.47. The van der Waals surface area contributed by atoms with Crippen molar-refractivity contribution in [2.45, 2.75) is 13.0 Å². The molecule has 0 heterocycles. The summed E-state index contributed by atoms with van der Waals surface area (Å²) in [5.41, 5.74) is 4.21. The van der Waals surface area contributed by atoms with E-state index in [1.54, 1.807) is 0 Å². The maximum atomic E-state index is 12.1. The monoisotopic (exact) mass is 390 g/mol. The molecule has 1 N–H and O–H groups in total. The van der Waals surface area contributed by atoms with Crippen molar-refractivity contribution in [3.8, 4) is 0 Å². The smallest absolute Gasteiger partial charge is 0.359 e. The van der Waals surface area contributed by atoms with Crippen molar-refractivity contribution in [3.05, 3.63) is 71.8 Å². The van der Waals surface area contributed by atoms with E-state index >= 15 is 0 Å². The van der Waals surface area contributed by atoms with Crippen LogP contribution >= 0.6 is 7.60 Å². The Kier molecular flexibility index (Phi) is 7.88. The molecule has 0 unspecified atom stereocenters. The van der Waals surface area contributed by atoms with Gasteiger partial charge in [-0.1, -0.05) is 60.7 Å². The number of hydrogen-bond donors (Lipinski definition) is 1. The summed E-state index contributed by atoms with van der Waals surface area (Å²) in [5.74, 6) is -0.482. The van der Waals surface area contributed by atoms with Gasteiger partial charge in [0.1, 0.15) is 18.2 Å². The van der Waals surface area contributed by atoms with Crippen molar-refractivity contribution in [1.82, 2.24) is 5.43 Å². The first-order valence-corrected chi connectivity index (χ1v) is 9.81. The first-order valence-electron chi connectivity index (χ1n) is 8.27. The molecule has 0 fully saturated rings. The van der Waals surface area contributed by atoms with Crippen LogP contribution in [0.15, 0.2) is 65.8 Å². The standard InChI is InChI=1S/C19H23N2O5P/c1-15(27(23,24-2)25-3)20-21-18(22)14-26-19(16-10-6-4-7-11-16)17-12-8-5-9-13-17/h4-13,19H,14H2,1-3H3,(H,21,22). The number of carbonyl (C=O) groups excluding carboxylic acids is 1. The van der Waals surface area contributed by atoms with Crippen molar-refractivity contribution in [3.63, 3.8) is 0 Å². The highest BCUT2D eigenvalue weighted by atomic mass is 31.2. The fourth-order valence-corrected chi connectivity index (χ4v) is 3.23. The number of benzene rings is 2. The number of nitrogens with one attached hydrogen (secondary N) is 1. The summed E-state index contributed by atoms with van der Waals surface area (Å²) in [4.78, 5) is 12.1. The Morgan fingerprint density at radius 2 is 1.48 bits per heavy atom. The lowest BCUT2D eigenvalue weighted by Gasteiger charge is -2.18. The normalized spacial score (nSPS) is 12.2. The molecule has 2 rings (SSSR count). The van der Waals surface area contributed by atoms with Crippen LogP contribution in [0.4, 0.5) is 0 Å². The topological polar surface area (TPSA) is 86.2 Å². The molecule has 1 amide bonds. The van der Waals surface area contributed by atoms with Gasteiger partial charge in [0, 0.05) is 14.2 Å². The second-order valence-corrected chi connectivity index (χ2v) is 7.94. The van der Waals surface area contributed by atoms with E-state index in [0.29, 0.717) is 0 Å². The minimum Gasteiger partial charge on any atom is -0.359 e. The molecule has 0 saturated carbocycles. The third kappa shape index (κ3) is 5.84. The number of amides is 1. The van der Waals surface area contributed by atoms with E-state index in [1.807, 2.05) is 60.7 Å². The van der Waals surface area contributed by atoms with Crippen LogP contribution in [-0.4, -0.2) is 32.2 Å². The Bertz CT molecular complexity index is 764. The van der Waals surface area contributed by atoms with E-state index in [2.05, 4.69) is 10.5 Å². The molecule has 144 valence electrons. The predicted molar refractivity (Wildman–Crippen MR) is 104 cm³/mol. The molecule has 0 saturated heterocycles. The largest absolute Gasteiger partial charge is 0.376 e. The minimum atomic E-state index is -3.47. The fraction of sp³-hybridized carbons (Fsp3) is 0.263. The molecule has 0 atom stereocenters. The van der Waals surface area contributed by atoms with Gasteiger partial charge < -0.3 is 13.8 Å². The molecule has 0 aromatic heterocycles. The zero-order chi connectivity index (χ0) is 19.7. The van der Waals surface area contributed by atoms with Crippen LogP contribution in [0.2, 0.25) is 0 Å². The molecule has 27 heavy (non-hydrogen) atoms. The zero-order valence-electron chi connectivity index (χ0n) is 15.5. The summed E-state index contributed by atoms with van der Waals surface area (Å²) in [5, 5.41) is 3.79. The quantitative estimate of drug-likeness (QED) is 0.401. The maximum absolute atomic E-state index is 12.1. The van der Waals surface area contributed by atoms with Crippen molar-refractivity contribution in [2.75, 3.05) is 20.8 Å². The van der Waals surface area contributed by atoms with E-state index in [4.69, 9.17) is 13.8 Å². The highest BCUT2D eigenvalue weighted by Gasteiger charge is 2.26. The maximum Gasteiger partial charge on any atom is 0.376 e. The van der Waals surface area contributed by atoms with Crippen LogP contribution in [0.1, 0.15) is 24.2 Å². The molecular formula is C19H23N2O5P. The van der Waals surface area contributed by atoms with Gasteiger partial charge in [0.05, 0.1) is 0 Å². The van der Waals surface area contributed by atoms with Crippen molar-refractivity contribution in [1.29, 1.82) is 0 Å². The van der Waals surface area contributed by atoms with Crippen LogP contribution in [0.3, 0.4) is 0 Å². The van der Waals surface area contributed by atoms with Gasteiger partial charge in [-0.05, 0) is 18.1 Å². The van der Waals surface area contributed by atoms with E-state index in [9.17, 15) is 9.36 Å². The summed E-state index contributed by atoms with van der Waals surface area (Å²) in [6.45, 7) is 1.22. The molecule has 0 bridgehead atoms. The lowest BCUT2D eigenvalue weighted by molar-refractivity contribution is -0.127. The minimum absolute atomic E-state index is 0.0449. The first kappa shape index (κ1) is 21.0. The molecule has 0 aliphatic carbocycles. The van der Waals surface area contributed by atoms with Crippen LogP contribution in [0.5, 0.6) is 0 Å². The number of hydrazone groups is 1. The van der Waals surface area contributed by atoms with Crippen molar-refractivity contribution < 1.29 is 23.1 Å². The van der Waals surface area contributed by atoms with Crippen molar-refractivity contribution in [2.24, 2.45) is 5.10 Å². The lowest BCUT2D eigenvalue weighted by Crippen LogP contribution is -2.25. The third-order valence-corrected chi connectivity index (χ3v) is 5.66. The van der Waals surface area contributed by atoms with Gasteiger partial charge in [-0.15, -0.1) is 0 Å². The van der Waals surface area contributed by atoms with Crippen LogP contribution in [0, 0.1) is 0 Å². The summed E-state index contributed by atoms with van der Waals surface area (Å²) in [6.07, 6.45) is -0.396. The van der Waals surface area contributed by atoms with E-state index in [-0.39, 0.29) is 12.1 Å². The van der Waals surface area contributed by atoms with Gasteiger partial charge in [0.15, 0.2) is 0 Å². The first-order chi connectivity index (χ1) is 13.0. The molecule has 8 heteroatoms. The molecular weight excluding hydrogens is 367 g/mol. The Hall–Kier alpha value is -2.31. The Morgan fingerprint density at radius 3 is 1.93 bits per heavy atom. The molecule has 0 spiro atoms. The Morgan fingerprint density at radius 1 is 1.00 bits per heavy atom. The van der Waals surface area contributed by atoms with Gasteiger partial charge in [0.25, 0.3) is 5.91 Å². The van der Waals surface area contributed by atoms with Crippen LogP contribution in [0.25, 0.3) is 0 Å². The number of rotatable bonds is 9. The zero-order valence-corrected chi connectivity index (χ0v) is 16.4. The number of carbonyl (C=O) groups is 1. The SMILES string of the molecule is COP(=O)(OC)C(C)=NNC(=O)COC(c1ccccc1)c1ccccc1. The number of ether oxygens (including phenoxy) is 1. The molecule has 2 aromatic carbocycles. The van der Waals surface area contributed by atoms with Gasteiger partial charge >= 0.3 is 7.60 Å². The second-order valence-electron chi connectivity index (χ2n) is 5.57. The number of nitrogens with zero attached hydrogens (tertiary/aromatic N) is 1. The summed E-state index contributed by atoms with van der Waals surface area (Å²) in [7, 11) is -0.970. The third-order valence-electron chi connectivity index (χ3n) is 3.81. The highest BCUT2D eigenvalue weighted by molar-refractivity contribution is 7.72. The predicted octanol–water partition coefficient (Wildman–Crippen LogP) is 3.73. The molecule has 0 aliphatic heterocycles. The van der Waals surface area contributed by atoms with Gasteiger partial charge in [-0.25, -0.2) is 5.43 Å². The van der Waals surface area contributed by atoms with E-state index in [1.165, 1.54) is 21.1 Å².